The molecule has 0 atom stereocenters. The lowest BCUT2D eigenvalue weighted by atomic mass is 9.65. The Kier molecular flexibility index (Phi) is 6.68. The van der Waals surface area contributed by atoms with Gasteiger partial charge in [-0.25, -0.2) is 9.97 Å². The topological polar surface area (TPSA) is 35.6 Å². The van der Waals surface area contributed by atoms with Crippen molar-refractivity contribution in [2.24, 2.45) is 0 Å². The van der Waals surface area contributed by atoms with Gasteiger partial charge in [0.2, 0.25) is 0 Å². The van der Waals surface area contributed by atoms with Gasteiger partial charge in [-0.3, -0.25) is 9.13 Å². The van der Waals surface area contributed by atoms with Crippen LogP contribution in [0.25, 0.3) is 55.2 Å². The van der Waals surface area contributed by atoms with E-state index in [0.29, 0.717) is 0 Å². The average Bonchev–Trinajstić information content (AvgIpc) is 3.72. The molecule has 4 nitrogen and oxygen atoms in total. The van der Waals surface area contributed by atoms with Crippen LogP contribution in [-0.4, -0.2) is 19.1 Å². The normalized spacial score (nSPS) is 11.9. The third-order valence-corrected chi connectivity index (χ3v) is 10.4. The molecule has 10 rings (SSSR count). The van der Waals surface area contributed by atoms with Crippen LogP contribution in [0.5, 0.6) is 0 Å². The van der Waals surface area contributed by atoms with E-state index in [2.05, 4.69) is 179 Å². The van der Waals surface area contributed by atoms with Crippen LogP contribution in [0, 0.1) is 0 Å². The maximum atomic E-state index is 4.84. The van der Waals surface area contributed by atoms with Crippen LogP contribution in [-0.2, 0) is 5.41 Å². The number of hydrogen-bond acceptors (Lipinski definition) is 2. The Bertz CT molecular complexity index is 2640. The lowest BCUT2D eigenvalue weighted by molar-refractivity contribution is 0.746. The zero-order chi connectivity index (χ0) is 33.8. The second kappa shape index (κ2) is 11.7. The summed E-state index contributed by atoms with van der Waals surface area (Å²) in [7, 11) is 0. The highest BCUT2D eigenvalue weighted by Gasteiger charge is 2.39. The Hall–Kier alpha value is -6.78. The van der Waals surface area contributed by atoms with Gasteiger partial charge in [0, 0.05) is 33.9 Å². The van der Waals surface area contributed by atoms with Crippen molar-refractivity contribution in [3.8, 4) is 11.6 Å². The summed E-state index contributed by atoms with van der Waals surface area (Å²) in [4.78, 5) is 9.67. The number of para-hydroxylation sites is 2. The van der Waals surface area contributed by atoms with E-state index in [-0.39, 0.29) is 0 Å². The molecule has 4 heterocycles. The molecule has 0 saturated heterocycles. The molecule has 0 radical (unpaired) electrons. The first-order chi connectivity index (χ1) is 25.3. The van der Waals surface area contributed by atoms with Crippen LogP contribution in [0.2, 0.25) is 0 Å². The Morgan fingerprint density at radius 3 is 1.14 bits per heavy atom. The standard InChI is InChI=1S/C47H32N4/c1-3-15-33(16-4-1)47(34-17-5-2-6-18-34,35-25-27-39-37-19-7-9-21-41(37)50(43(39)31-35)45-23-11-13-29-48-45)36-26-28-40-38-20-8-10-22-42(38)51(44(40)32-36)46-24-12-14-30-49-46/h1-32H. The number of aromatic nitrogens is 4. The van der Waals surface area contributed by atoms with Crippen molar-refractivity contribution in [1.29, 1.82) is 0 Å². The summed E-state index contributed by atoms with van der Waals surface area (Å²) in [5.74, 6) is 1.79. The monoisotopic (exact) mass is 652 g/mol. The smallest absolute Gasteiger partial charge is 0.137 e. The number of nitrogens with zero attached hydrogens (tertiary/aromatic N) is 4. The summed E-state index contributed by atoms with van der Waals surface area (Å²) in [5, 5.41) is 4.80. The summed E-state index contributed by atoms with van der Waals surface area (Å²) < 4.78 is 4.61. The van der Waals surface area contributed by atoms with Crippen molar-refractivity contribution in [3.63, 3.8) is 0 Å². The third kappa shape index (κ3) is 4.40. The molecule has 0 bridgehead atoms. The van der Waals surface area contributed by atoms with E-state index in [4.69, 9.17) is 9.97 Å². The lowest BCUT2D eigenvalue weighted by Crippen LogP contribution is -2.31. The van der Waals surface area contributed by atoms with Crippen molar-refractivity contribution in [3.05, 3.63) is 217 Å². The molecule has 0 spiro atoms. The second-order valence-electron chi connectivity index (χ2n) is 13.0. The zero-order valence-electron chi connectivity index (χ0n) is 27.8. The molecule has 0 N–H and O–H groups in total. The predicted molar refractivity (Wildman–Crippen MR) is 209 cm³/mol. The minimum atomic E-state index is -0.665. The first kappa shape index (κ1) is 29.2. The van der Waals surface area contributed by atoms with Crippen LogP contribution < -0.4 is 0 Å². The van der Waals surface area contributed by atoms with Gasteiger partial charge in [-0.2, -0.15) is 0 Å². The van der Waals surface area contributed by atoms with E-state index in [9.17, 15) is 0 Å². The van der Waals surface area contributed by atoms with Crippen LogP contribution in [0.15, 0.2) is 194 Å². The summed E-state index contributed by atoms with van der Waals surface area (Å²) >= 11 is 0. The molecule has 0 unspecified atom stereocenters. The van der Waals surface area contributed by atoms with Crippen molar-refractivity contribution in [1.82, 2.24) is 19.1 Å². The van der Waals surface area contributed by atoms with Crippen LogP contribution in [0.4, 0.5) is 0 Å². The largest absolute Gasteiger partial charge is 0.294 e. The molecule has 6 aromatic carbocycles. The quantitative estimate of drug-likeness (QED) is 0.168. The molecular weight excluding hydrogens is 621 g/mol. The number of hydrogen-bond donors (Lipinski definition) is 0. The Balaban J connectivity index is 1.35. The van der Waals surface area contributed by atoms with E-state index in [1.165, 1.54) is 43.8 Å². The van der Waals surface area contributed by atoms with Gasteiger partial charge in [0.1, 0.15) is 11.6 Å². The van der Waals surface area contributed by atoms with E-state index in [1.54, 1.807) is 0 Å². The maximum Gasteiger partial charge on any atom is 0.137 e. The Morgan fingerprint density at radius 2 is 0.706 bits per heavy atom. The third-order valence-electron chi connectivity index (χ3n) is 10.4. The Labute approximate surface area is 295 Å². The minimum absolute atomic E-state index is 0.665. The molecule has 4 aromatic heterocycles. The SMILES string of the molecule is c1ccc(C(c2ccccc2)(c2ccc3c4ccccc4n(-c4ccccn4)c3c2)c2ccc3c4ccccc4n(-c4ccccn4)c3c2)cc1. The van der Waals surface area contributed by atoms with Crippen LogP contribution >= 0.6 is 0 Å². The predicted octanol–water partition coefficient (Wildman–Crippen LogP) is 11.1. The molecule has 0 fully saturated rings. The fourth-order valence-electron chi connectivity index (χ4n) is 8.25. The fourth-order valence-corrected chi connectivity index (χ4v) is 8.25. The summed E-state index contributed by atoms with van der Waals surface area (Å²) in [5.41, 5.74) is 8.57. The number of rotatable bonds is 6. The van der Waals surface area contributed by atoms with Crippen LogP contribution in [0.1, 0.15) is 22.3 Å². The molecule has 0 amide bonds. The minimum Gasteiger partial charge on any atom is -0.294 e. The highest BCUT2D eigenvalue weighted by molar-refractivity contribution is 6.10. The zero-order valence-corrected chi connectivity index (χ0v) is 27.8. The van der Waals surface area contributed by atoms with Gasteiger partial charge in [-0.1, -0.05) is 133 Å². The summed E-state index contributed by atoms with van der Waals surface area (Å²) in [6.07, 6.45) is 3.74. The average molecular weight is 653 g/mol. The van der Waals surface area contributed by atoms with Gasteiger partial charge in [0.25, 0.3) is 0 Å². The van der Waals surface area contributed by atoms with Gasteiger partial charge in [-0.15, -0.1) is 0 Å². The maximum absolute atomic E-state index is 4.84. The van der Waals surface area contributed by atoms with E-state index in [1.807, 2.05) is 24.5 Å². The van der Waals surface area contributed by atoms with Gasteiger partial charge in [0.15, 0.2) is 0 Å². The van der Waals surface area contributed by atoms with Gasteiger partial charge < -0.3 is 0 Å². The van der Waals surface area contributed by atoms with E-state index in [0.717, 1.165) is 33.7 Å². The van der Waals surface area contributed by atoms with Crippen molar-refractivity contribution in [2.75, 3.05) is 0 Å². The summed E-state index contributed by atoms with van der Waals surface area (Å²) in [6.45, 7) is 0. The van der Waals surface area contributed by atoms with Gasteiger partial charge >= 0.3 is 0 Å². The molecule has 0 aliphatic rings. The van der Waals surface area contributed by atoms with Crippen molar-refractivity contribution in [2.45, 2.75) is 5.41 Å². The second-order valence-corrected chi connectivity index (χ2v) is 13.0. The highest BCUT2D eigenvalue weighted by Crippen LogP contribution is 2.48. The molecule has 4 heteroatoms. The molecule has 10 aromatic rings. The molecule has 240 valence electrons. The molecule has 0 aliphatic heterocycles. The number of benzene rings is 6. The van der Waals surface area contributed by atoms with Crippen LogP contribution in [0.3, 0.4) is 0 Å². The number of fused-ring (bicyclic) bond motifs is 6. The van der Waals surface area contributed by atoms with Crippen molar-refractivity contribution < 1.29 is 0 Å². The Morgan fingerprint density at radius 1 is 0.314 bits per heavy atom. The van der Waals surface area contributed by atoms with E-state index < -0.39 is 5.41 Å². The van der Waals surface area contributed by atoms with E-state index >= 15 is 0 Å². The molecular formula is C47H32N4. The van der Waals surface area contributed by atoms with Gasteiger partial charge in [0.05, 0.1) is 27.5 Å². The lowest BCUT2D eigenvalue weighted by Gasteiger charge is -2.37. The first-order valence-corrected chi connectivity index (χ1v) is 17.3. The van der Waals surface area contributed by atoms with Crippen molar-refractivity contribution >= 4 is 43.6 Å². The fraction of sp³-hybridized carbons (Fsp3) is 0.0213. The highest BCUT2D eigenvalue weighted by atomic mass is 15.1. The molecule has 51 heavy (non-hydrogen) atoms. The number of pyridine rings is 2. The van der Waals surface area contributed by atoms with Gasteiger partial charge in [-0.05, 0) is 70.8 Å². The first-order valence-electron chi connectivity index (χ1n) is 17.3. The molecule has 0 saturated carbocycles. The molecule has 0 aliphatic carbocycles. The summed E-state index contributed by atoms with van der Waals surface area (Å²) in [6, 6.07) is 65.4.